The highest BCUT2D eigenvalue weighted by molar-refractivity contribution is 7.11. The zero-order chi connectivity index (χ0) is 13.8. The molecular weight excluding hydrogens is 285 g/mol. The van der Waals surface area contributed by atoms with Gasteiger partial charge >= 0.3 is 0 Å². The average molecular weight is 300 g/mol. The van der Waals surface area contributed by atoms with E-state index in [-0.39, 0.29) is 11.9 Å². The minimum atomic E-state index is -0.162. The Bertz CT molecular complexity index is 534. The lowest BCUT2D eigenvalue weighted by Gasteiger charge is -2.22. The number of hydrogen-bond acceptors (Lipinski definition) is 3. The van der Waals surface area contributed by atoms with Crippen LogP contribution < -0.4 is 5.32 Å². The van der Waals surface area contributed by atoms with E-state index >= 15 is 0 Å². The molecule has 0 aromatic carbocycles. The fraction of sp³-hybridized carbons (Fsp3) is 0.385. The Morgan fingerprint density at radius 1 is 1.58 bits per heavy atom. The van der Waals surface area contributed by atoms with Crippen molar-refractivity contribution in [2.75, 3.05) is 7.05 Å². The first-order valence-electron chi connectivity index (χ1n) is 5.99. The molecule has 2 rings (SSSR count). The number of hydrogen-bond donors (Lipinski definition) is 1. The second-order valence-electron chi connectivity index (χ2n) is 4.24. The van der Waals surface area contributed by atoms with Crippen molar-refractivity contribution >= 4 is 28.8 Å². The summed E-state index contributed by atoms with van der Waals surface area (Å²) in [5.74, 6) is 0.569. The molecule has 19 heavy (non-hydrogen) atoms. The Balaban J connectivity index is 2.13. The fourth-order valence-electron chi connectivity index (χ4n) is 1.95. The average Bonchev–Trinajstić information content (AvgIpc) is 2.89. The van der Waals surface area contributed by atoms with Crippen molar-refractivity contribution in [3.05, 3.63) is 39.1 Å². The molecule has 0 fully saturated rings. The fourth-order valence-corrected chi connectivity index (χ4v) is 2.96. The van der Waals surface area contributed by atoms with Crippen LogP contribution in [-0.4, -0.2) is 23.9 Å². The van der Waals surface area contributed by atoms with Gasteiger partial charge in [0.05, 0.1) is 0 Å². The van der Waals surface area contributed by atoms with Gasteiger partial charge in [0.25, 0.3) is 0 Å². The van der Waals surface area contributed by atoms with Crippen molar-refractivity contribution in [2.24, 2.45) is 4.99 Å². The predicted molar refractivity (Wildman–Crippen MR) is 78.5 cm³/mol. The number of rotatable bonds is 3. The van der Waals surface area contributed by atoms with Crippen LogP contribution in [0.4, 0.5) is 4.39 Å². The number of aliphatic imine (C=N–C) groups is 1. The van der Waals surface area contributed by atoms with Gasteiger partial charge in [0.2, 0.25) is 0 Å². The monoisotopic (exact) mass is 299 g/mol. The van der Waals surface area contributed by atoms with E-state index in [1.165, 1.54) is 17.4 Å². The van der Waals surface area contributed by atoms with Crippen LogP contribution in [0, 0.1) is 0 Å². The summed E-state index contributed by atoms with van der Waals surface area (Å²) in [6.45, 7) is 1.99. The van der Waals surface area contributed by atoms with Crippen molar-refractivity contribution < 1.29 is 4.39 Å². The van der Waals surface area contributed by atoms with Gasteiger partial charge in [0.15, 0.2) is 10.8 Å². The quantitative estimate of drug-likeness (QED) is 0.683. The van der Waals surface area contributed by atoms with Crippen molar-refractivity contribution in [3.8, 4) is 0 Å². The Labute approximate surface area is 120 Å². The van der Waals surface area contributed by atoms with Crippen LogP contribution in [0.25, 0.3) is 0 Å². The molecule has 1 atom stereocenters. The topological polar surface area (TPSA) is 37.3 Å². The van der Waals surface area contributed by atoms with Gasteiger partial charge in [-0.3, -0.25) is 4.99 Å². The van der Waals surface area contributed by atoms with Crippen LogP contribution in [-0.2, 0) is 0 Å². The van der Waals surface area contributed by atoms with E-state index in [4.69, 9.17) is 11.6 Å². The van der Waals surface area contributed by atoms with Crippen molar-refractivity contribution in [1.29, 1.82) is 0 Å². The first-order valence-corrected chi connectivity index (χ1v) is 7.25. The van der Waals surface area contributed by atoms with Crippen LogP contribution in [0.5, 0.6) is 0 Å². The van der Waals surface area contributed by atoms with Crippen LogP contribution in [0.2, 0.25) is 0 Å². The molecule has 0 saturated heterocycles. The van der Waals surface area contributed by atoms with Gasteiger partial charge in [-0.1, -0.05) is 11.6 Å². The van der Waals surface area contributed by atoms with E-state index in [1.54, 1.807) is 13.2 Å². The van der Waals surface area contributed by atoms with E-state index in [1.807, 2.05) is 12.3 Å². The Hall–Kier alpha value is -1.20. The van der Waals surface area contributed by atoms with Crippen LogP contribution in [0.1, 0.15) is 24.8 Å². The Morgan fingerprint density at radius 3 is 2.95 bits per heavy atom. The maximum atomic E-state index is 13.1. The van der Waals surface area contributed by atoms with Gasteiger partial charge < -0.3 is 5.32 Å². The molecular formula is C13H15ClFN3S. The largest absolute Gasteiger partial charge is 0.362 e. The minimum absolute atomic E-state index is 0.000509. The molecule has 1 aromatic rings. The summed E-state index contributed by atoms with van der Waals surface area (Å²) < 4.78 is 13.1. The summed E-state index contributed by atoms with van der Waals surface area (Å²) in [6.07, 6.45) is 4.17. The van der Waals surface area contributed by atoms with Gasteiger partial charge in [-0.2, -0.15) is 0 Å². The van der Waals surface area contributed by atoms with Crippen molar-refractivity contribution in [3.63, 3.8) is 0 Å². The second-order valence-corrected chi connectivity index (χ2v) is 5.54. The first-order chi connectivity index (χ1) is 9.11. The number of amidine groups is 1. The number of aromatic nitrogens is 1. The van der Waals surface area contributed by atoms with Gasteiger partial charge in [-0.25, -0.2) is 9.37 Å². The molecule has 0 bridgehead atoms. The lowest BCUT2D eigenvalue weighted by atomic mass is 9.98. The SMILES string of the molecule is CN=C(N[C@@H](C)C1=C(Cl)C=C(F)CC1)c1nccs1. The summed E-state index contributed by atoms with van der Waals surface area (Å²) in [4.78, 5) is 8.42. The Kier molecular flexibility index (Phi) is 4.71. The highest BCUT2D eigenvalue weighted by Crippen LogP contribution is 2.29. The molecule has 3 nitrogen and oxygen atoms in total. The van der Waals surface area contributed by atoms with E-state index in [0.717, 1.165) is 16.4 Å². The molecule has 6 heteroatoms. The lowest BCUT2D eigenvalue weighted by molar-refractivity contribution is 0.567. The van der Waals surface area contributed by atoms with E-state index < -0.39 is 0 Å². The molecule has 0 spiro atoms. The highest BCUT2D eigenvalue weighted by Gasteiger charge is 2.19. The summed E-state index contributed by atoms with van der Waals surface area (Å²) in [7, 11) is 1.72. The molecule has 0 saturated carbocycles. The highest BCUT2D eigenvalue weighted by atomic mass is 35.5. The molecule has 102 valence electrons. The molecule has 0 aliphatic heterocycles. The molecule has 0 unspecified atom stereocenters. The predicted octanol–water partition coefficient (Wildman–Crippen LogP) is 3.64. The normalized spacial score (nSPS) is 18.3. The van der Waals surface area contributed by atoms with Crippen molar-refractivity contribution in [2.45, 2.75) is 25.8 Å². The summed E-state index contributed by atoms with van der Waals surface area (Å²) in [6, 6.07) is -0.000509. The van der Waals surface area contributed by atoms with Gasteiger partial charge in [0.1, 0.15) is 5.83 Å². The second kappa shape index (κ2) is 6.30. The Morgan fingerprint density at radius 2 is 2.37 bits per heavy atom. The zero-order valence-electron chi connectivity index (χ0n) is 10.8. The van der Waals surface area contributed by atoms with Gasteiger partial charge in [-0.05, 0) is 25.0 Å². The summed E-state index contributed by atoms with van der Waals surface area (Å²) in [5, 5.41) is 6.51. The summed E-state index contributed by atoms with van der Waals surface area (Å²) in [5.41, 5.74) is 1.00. The molecule has 1 aromatic heterocycles. The molecule has 1 heterocycles. The number of nitrogens with zero attached hydrogens (tertiary/aromatic N) is 2. The number of thiazole rings is 1. The smallest absolute Gasteiger partial charge is 0.158 e. The molecule has 1 aliphatic carbocycles. The zero-order valence-corrected chi connectivity index (χ0v) is 12.4. The standard InChI is InChI=1S/C13H15ClFN3S/c1-8(10-4-3-9(15)7-11(10)14)18-12(16-2)13-17-5-6-19-13/h5-8H,3-4H2,1-2H3,(H,16,18)/t8-/m0/s1. The van der Waals surface area contributed by atoms with E-state index in [9.17, 15) is 4.39 Å². The third-order valence-electron chi connectivity index (χ3n) is 2.96. The van der Waals surface area contributed by atoms with Gasteiger partial charge in [0, 0.05) is 36.1 Å². The van der Waals surface area contributed by atoms with Crippen LogP contribution >= 0.6 is 22.9 Å². The lowest BCUT2D eigenvalue weighted by Crippen LogP contribution is -2.35. The van der Waals surface area contributed by atoms with Gasteiger partial charge in [-0.15, -0.1) is 11.3 Å². The molecule has 0 amide bonds. The number of nitrogens with one attached hydrogen (secondary N) is 1. The molecule has 1 aliphatic rings. The first kappa shape index (κ1) is 14.2. The van der Waals surface area contributed by atoms with Crippen LogP contribution in [0.3, 0.4) is 0 Å². The minimum Gasteiger partial charge on any atom is -0.362 e. The third-order valence-corrected chi connectivity index (χ3v) is 4.09. The maximum absolute atomic E-state index is 13.1. The van der Waals surface area contributed by atoms with Crippen molar-refractivity contribution in [1.82, 2.24) is 10.3 Å². The number of halogens is 2. The summed E-state index contributed by atoms with van der Waals surface area (Å²) >= 11 is 7.61. The van der Waals surface area contributed by atoms with E-state index in [2.05, 4.69) is 15.3 Å². The third kappa shape index (κ3) is 3.42. The number of allylic oxidation sites excluding steroid dienone is 3. The maximum Gasteiger partial charge on any atom is 0.158 e. The van der Waals surface area contributed by atoms with Crippen LogP contribution in [0.15, 0.2) is 39.1 Å². The van der Waals surface area contributed by atoms with E-state index in [0.29, 0.717) is 17.9 Å². The molecule has 0 radical (unpaired) electrons. The molecule has 1 N–H and O–H groups in total.